The van der Waals surface area contributed by atoms with Crippen molar-refractivity contribution in [2.75, 3.05) is 0 Å². The van der Waals surface area contributed by atoms with E-state index in [4.69, 9.17) is 0 Å². The molecule has 1 unspecified atom stereocenters. The number of esters is 1. The third kappa shape index (κ3) is 3.42. The second-order valence-corrected chi connectivity index (χ2v) is 5.05. The molecule has 0 aromatic carbocycles. The minimum atomic E-state index is -8.46. The molecule has 0 bridgehead atoms. The Morgan fingerprint density at radius 1 is 0.643 bits per heavy atom. The molecule has 0 spiro atoms. The summed E-state index contributed by atoms with van der Waals surface area (Å²) in [6.07, 6.45) is -9.96. The van der Waals surface area contributed by atoms with Gasteiger partial charge in [0.05, 0.1) is 0 Å². The van der Waals surface area contributed by atoms with Gasteiger partial charge in [0.2, 0.25) is 0 Å². The van der Waals surface area contributed by atoms with E-state index in [1.807, 2.05) is 0 Å². The first kappa shape index (κ1) is 26.4. The Balaban J connectivity index is 6.51. The lowest BCUT2D eigenvalue weighted by molar-refractivity contribution is -0.450. The van der Waals surface area contributed by atoms with Gasteiger partial charge in [-0.1, -0.05) is 0 Å². The zero-order chi connectivity index (χ0) is 23.4. The van der Waals surface area contributed by atoms with E-state index < -0.39 is 53.9 Å². The maximum Gasteiger partial charge on any atom is 0.460 e. The van der Waals surface area contributed by atoms with Crippen LogP contribution in [0.15, 0.2) is 0 Å². The van der Waals surface area contributed by atoms with Crippen molar-refractivity contribution >= 4 is 5.97 Å². The van der Waals surface area contributed by atoms with Gasteiger partial charge in [-0.15, -0.1) is 0 Å². The number of hydrogen-bond acceptors (Lipinski definition) is 3. The summed E-state index contributed by atoms with van der Waals surface area (Å²) >= 11 is 0. The summed E-state index contributed by atoms with van der Waals surface area (Å²) in [6, 6.07) is 0. The van der Waals surface area contributed by atoms with Crippen LogP contribution in [0.3, 0.4) is 0 Å². The summed E-state index contributed by atoms with van der Waals surface area (Å²) in [7, 11) is 0. The van der Waals surface area contributed by atoms with Gasteiger partial charge in [-0.2, -0.15) is 65.9 Å². The first-order valence-corrected chi connectivity index (χ1v) is 6.14. The van der Waals surface area contributed by atoms with E-state index >= 15 is 0 Å². The fourth-order valence-corrected chi connectivity index (χ4v) is 1.34. The number of halogens is 15. The van der Waals surface area contributed by atoms with E-state index in [0.717, 1.165) is 0 Å². The topological polar surface area (TPSA) is 52.3 Å². The minimum absolute atomic E-state index is 0.441. The third-order valence-electron chi connectivity index (χ3n) is 2.88. The maximum atomic E-state index is 13.2. The number of carbonyl (C=O) groups excluding carboxylic acids is 1. The Labute approximate surface area is 143 Å². The molecule has 168 valence electrons. The number of ether oxygens (including phenoxy) is 1. The van der Waals surface area contributed by atoms with Gasteiger partial charge in [0, 0.05) is 0 Å². The quantitative estimate of drug-likeness (QED) is 0.354. The molecule has 0 heterocycles. The van der Waals surface area contributed by atoms with Crippen molar-refractivity contribution in [1.82, 2.24) is 0 Å². The maximum absolute atomic E-state index is 13.2. The standard InChI is InChI=1S/C10H6F15NO2/c1-2(26)28-3(27)4(11,12)5(13,14)6(15,16)7(17,18)8(19,20)9(21,22)10(23,24)25/h2H,26H2,1H3. The van der Waals surface area contributed by atoms with Crippen molar-refractivity contribution in [2.45, 2.75) is 54.9 Å². The molecule has 2 N–H and O–H groups in total. The molecule has 0 saturated heterocycles. The smallest absolute Gasteiger partial charge is 0.442 e. The largest absolute Gasteiger partial charge is 0.460 e. The average Bonchev–Trinajstić information content (AvgIpc) is 2.43. The second-order valence-electron chi connectivity index (χ2n) is 5.05. The Morgan fingerprint density at radius 3 is 1.21 bits per heavy atom. The lowest BCUT2D eigenvalue weighted by Gasteiger charge is -2.40. The number of carbonyl (C=O) groups is 1. The Kier molecular flexibility index (Phi) is 6.33. The zero-order valence-corrected chi connectivity index (χ0v) is 12.6. The Bertz CT molecular complexity index is 594. The van der Waals surface area contributed by atoms with Gasteiger partial charge in [-0.05, 0) is 6.92 Å². The summed E-state index contributed by atoms with van der Waals surface area (Å²) in [4.78, 5) is 10.7. The van der Waals surface area contributed by atoms with Crippen LogP contribution in [0, 0.1) is 0 Å². The molecule has 0 amide bonds. The highest BCUT2D eigenvalue weighted by atomic mass is 19.4. The van der Waals surface area contributed by atoms with Gasteiger partial charge >= 0.3 is 47.7 Å². The van der Waals surface area contributed by atoms with Gasteiger partial charge in [-0.25, -0.2) is 4.79 Å². The number of alkyl halides is 15. The molecule has 3 nitrogen and oxygen atoms in total. The summed E-state index contributed by atoms with van der Waals surface area (Å²) < 4.78 is 195. The third-order valence-corrected chi connectivity index (χ3v) is 2.88. The van der Waals surface area contributed by atoms with E-state index in [9.17, 15) is 70.7 Å². The normalized spacial score (nSPS) is 16.8. The van der Waals surface area contributed by atoms with Crippen LogP contribution in [0.4, 0.5) is 65.9 Å². The van der Waals surface area contributed by atoms with Crippen molar-refractivity contribution < 1.29 is 75.4 Å². The highest BCUT2D eigenvalue weighted by Crippen LogP contribution is 2.62. The van der Waals surface area contributed by atoms with Crippen molar-refractivity contribution in [3.05, 3.63) is 0 Å². The lowest BCUT2D eigenvalue weighted by atomic mass is 9.91. The molecule has 0 aromatic rings. The van der Waals surface area contributed by atoms with Gasteiger partial charge in [0.25, 0.3) is 0 Å². The van der Waals surface area contributed by atoms with Crippen LogP contribution in [-0.2, 0) is 9.53 Å². The zero-order valence-electron chi connectivity index (χ0n) is 12.6. The summed E-state index contributed by atoms with van der Waals surface area (Å²) in [5.41, 5.74) is 4.50. The second kappa shape index (κ2) is 6.72. The molecule has 0 aliphatic rings. The highest BCUT2D eigenvalue weighted by molar-refractivity contribution is 5.79. The van der Waals surface area contributed by atoms with Gasteiger partial charge in [-0.3, -0.25) is 5.73 Å². The first-order valence-electron chi connectivity index (χ1n) is 6.14. The fraction of sp³-hybridized carbons (Fsp3) is 0.900. The summed E-state index contributed by atoms with van der Waals surface area (Å²) in [5.74, 6) is -52.1. The molecule has 0 saturated carbocycles. The van der Waals surface area contributed by atoms with Crippen LogP contribution in [0.2, 0.25) is 0 Å². The molecular formula is C10H6F15NO2. The van der Waals surface area contributed by atoms with Gasteiger partial charge < -0.3 is 4.74 Å². The molecule has 0 aliphatic carbocycles. The van der Waals surface area contributed by atoms with Crippen molar-refractivity contribution in [2.24, 2.45) is 5.73 Å². The van der Waals surface area contributed by atoms with Crippen LogP contribution in [0.25, 0.3) is 0 Å². The Hall–Kier alpha value is -1.62. The molecule has 0 fully saturated rings. The molecule has 28 heavy (non-hydrogen) atoms. The molecular weight excluding hydrogens is 451 g/mol. The average molecular weight is 457 g/mol. The monoisotopic (exact) mass is 457 g/mol. The molecule has 0 rings (SSSR count). The van der Waals surface area contributed by atoms with Crippen molar-refractivity contribution in [3.63, 3.8) is 0 Å². The SMILES string of the molecule is CC(N)OC(=O)C(F)(F)C(F)(F)C(F)(F)C(F)(F)C(F)(F)C(F)(F)C(F)(F)F. The molecule has 1 atom stereocenters. The van der Waals surface area contributed by atoms with E-state index in [1.54, 1.807) is 0 Å². The molecule has 0 radical (unpaired) electrons. The van der Waals surface area contributed by atoms with E-state index in [1.165, 1.54) is 0 Å². The number of rotatable bonds is 7. The first-order chi connectivity index (χ1) is 11.8. The Morgan fingerprint density at radius 2 is 0.929 bits per heavy atom. The van der Waals surface area contributed by atoms with E-state index in [-0.39, 0.29) is 0 Å². The van der Waals surface area contributed by atoms with Crippen LogP contribution in [-0.4, -0.2) is 53.9 Å². The lowest BCUT2D eigenvalue weighted by Crippen LogP contribution is -2.73. The van der Waals surface area contributed by atoms with Crippen LogP contribution < -0.4 is 5.73 Å². The minimum Gasteiger partial charge on any atom is -0.442 e. The summed E-state index contributed by atoms with van der Waals surface area (Å²) in [6.45, 7) is 0.441. The predicted molar refractivity (Wildman–Crippen MR) is 55.5 cm³/mol. The van der Waals surface area contributed by atoms with E-state index in [0.29, 0.717) is 6.92 Å². The van der Waals surface area contributed by atoms with Crippen molar-refractivity contribution in [3.8, 4) is 0 Å². The predicted octanol–water partition coefficient (Wildman–Crippen LogP) is 4.21. The van der Waals surface area contributed by atoms with Crippen LogP contribution in [0.1, 0.15) is 6.92 Å². The fourth-order valence-electron chi connectivity index (χ4n) is 1.34. The van der Waals surface area contributed by atoms with Gasteiger partial charge in [0.1, 0.15) is 6.23 Å². The molecule has 0 aliphatic heterocycles. The molecule has 0 aromatic heterocycles. The number of nitrogens with two attached hydrogens (primary N) is 1. The van der Waals surface area contributed by atoms with Crippen molar-refractivity contribution in [1.29, 1.82) is 0 Å². The van der Waals surface area contributed by atoms with Crippen LogP contribution >= 0.6 is 0 Å². The van der Waals surface area contributed by atoms with E-state index in [2.05, 4.69) is 10.5 Å². The molecule has 18 heteroatoms. The highest BCUT2D eigenvalue weighted by Gasteiger charge is 2.94. The number of hydrogen-bond donors (Lipinski definition) is 1. The summed E-state index contributed by atoms with van der Waals surface area (Å²) in [5, 5.41) is 0. The van der Waals surface area contributed by atoms with Gasteiger partial charge in [0.15, 0.2) is 0 Å². The van der Waals surface area contributed by atoms with Crippen LogP contribution in [0.5, 0.6) is 0 Å².